The number of nitrogens with zero attached hydrogens (tertiary/aromatic N) is 1. The molecule has 1 aliphatic carbocycles. The first-order valence-corrected chi connectivity index (χ1v) is 15.7. The monoisotopic (exact) mass is 554 g/mol. The van der Waals surface area contributed by atoms with Crippen LogP contribution in [0.5, 0.6) is 0 Å². The van der Waals surface area contributed by atoms with E-state index in [0.29, 0.717) is 0 Å². The van der Waals surface area contributed by atoms with E-state index in [2.05, 4.69) is 127 Å². The number of para-hydroxylation sites is 2. The van der Waals surface area contributed by atoms with Gasteiger partial charge >= 0.3 is 0 Å². The number of thiophene rings is 1. The highest BCUT2D eigenvalue weighted by molar-refractivity contribution is 7.25. The average molecular weight is 555 g/mol. The fourth-order valence-electron chi connectivity index (χ4n) is 8.28. The number of rotatable bonds is 1. The largest absolute Gasteiger partial charge is 0.346 e. The van der Waals surface area contributed by atoms with Gasteiger partial charge in [-0.05, 0) is 46.8 Å². The van der Waals surface area contributed by atoms with Crippen LogP contribution in [0.15, 0.2) is 97.1 Å². The Labute approximate surface area is 248 Å². The summed E-state index contributed by atoms with van der Waals surface area (Å²) in [5.41, 5.74) is 16.3. The minimum Gasteiger partial charge on any atom is -0.346 e. The highest BCUT2D eigenvalue weighted by Crippen LogP contribution is 2.53. The quantitative estimate of drug-likeness (QED) is 0.197. The van der Waals surface area contributed by atoms with Crippen LogP contribution in [0.25, 0.3) is 70.0 Å². The minimum atomic E-state index is -0.0916. The molecular formula is C38H27BN2S. The van der Waals surface area contributed by atoms with Gasteiger partial charge in [0, 0.05) is 59.7 Å². The second kappa shape index (κ2) is 7.64. The number of nitrogens with one attached hydrogen (secondary N) is 1. The van der Waals surface area contributed by atoms with Crippen molar-refractivity contribution in [2.45, 2.75) is 26.2 Å². The van der Waals surface area contributed by atoms with Crippen molar-refractivity contribution in [1.82, 2.24) is 9.55 Å². The summed E-state index contributed by atoms with van der Waals surface area (Å²) < 4.78 is 3.97. The van der Waals surface area contributed by atoms with E-state index < -0.39 is 0 Å². The Morgan fingerprint density at radius 3 is 2.45 bits per heavy atom. The molecule has 10 rings (SSSR count). The molecule has 2 nitrogen and oxygen atoms in total. The fourth-order valence-corrected chi connectivity index (χ4v) is 9.40. The van der Waals surface area contributed by atoms with E-state index in [4.69, 9.17) is 0 Å². The first-order valence-electron chi connectivity index (χ1n) is 14.8. The van der Waals surface area contributed by atoms with Crippen LogP contribution in [0, 0.1) is 6.92 Å². The van der Waals surface area contributed by atoms with Gasteiger partial charge < -0.3 is 9.55 Å². The van der Waals surface area contributed by atoms with Crippen molar-refractivity contribution in [3.05, 3.63) is 114 Å². The number of aromatic nitrogens is 2. The molecule has 1 N–H and O–H groups in total. The number of hydrogen-bond acceptors (Lipinski definition) is 1. The van der Waals surface area contributed by atoms with Crippen molar-refractivity contribution < 1.29 is 0 Å². The summed E-state index contributed by atoms with van der Waals surface area (Å²) in [6.45, 7) is 7.06. The molecule has 0 atom stereocenters. The molecule has 0 bridgehead atoms. The molecule has 8 aromatic rings. The van der Waals surface area contributed by atoms with Crippen molar-refractivity contribution >= 4 is 71.7 Å². The maximum atomic E-state index is 3.87. The molecule has 0 amide bonds. The summed E-state index contributed by atoms with van der Waals surface area (Å²) in [5, 5.41) is 5.39. The summed E-state index contributed by atoms with van der Waals surface area (Å²) >= 11 is 1.86. The standard InChI is InChI=1S/C38H27BN2S/c1-20-18-26(21-12-8-13-24-32-23-11-5-7-17-30(23)42-37(32)40-34(21)24)33-29(19-20)41-35-25(14-9-16-28(35)39-33)31-22-10-4-6-15-27(22)38(2,3)36(31)41/h4-19,39-40H,1-3H3. The van der Waals surface area contributed by atoms with Crippen LogP contribution in [0.2, 0.25) is 0 Å². The summed E-state index contributed by atoms with van der Waals surface area (Å²) in [4.78, 5) is 5.13. The number of benzene rings is 5. The van der Waals surface area contributed by atoms with E-state index in [1.54, 1.807) is 0 Å². The summed E-state index contributed by atoms with van der Waals surface area (Å²) in [5.74, 6) is 0. The summed E-state index contributed by atoms with van der Waals surface area (Å²) in [6, 6.07) is 36.4. The first kappa shape index (κ1) is 23.1. The highest BCUT2D eigenvalue weighted by Gasteiger charge is 2.42. The van der Waals surface area contributed by atoms with Crippen LogP contribution in [0.3, 0.4) is 0 Å². The summed E-state index contributed by atoms with van der Waals surface area (Å²) in [7, 11) is 0.932. The fraction of sp³-hybridized carbons (Fsp3) is 0.105. The summed E-state index contributed by atoms with van der Waals surface area (Å²) in [6.07, 6.45) is 0. The molecule has 0 saturated heterocycles. The van der Waals surface area contributed by atoms with E-state index in [1.165, 1.54) is 97.8 Å². The zero-order chi connectivity index (χ0) is 27.9. The maximum Gasteiger partial charge on any atom is 0.198 e. The molecular weight excluding hydrogens is 527 g/mol. The molecule has 1 aliphatic heterocycles. The van der Waals surface area contributed by atoms with E-state index in [-0.39, 0.29) is 5.41 Å². The van der Waals surface area contributed by atoms with Crippen LogP contribution in [0.4, 0.5) is 0 Å². The van der Waals surface area contributed by atoms with Crippen molar-refractivity contribution in [2.24, 2.45) is 0 Å². The molecule has 4 heteroatoms. The lowest BCUT2D eigenvalue weighted by atomic mass is 9.59. The zero-order valence-electron chi connectivity index (χ0n) is 23.8. The topological polar surface area (TPSA) is 20.7 Å². The lowest BCUT2D eigenvalue weighted by Gasteiger charge is -2.29. The predicted octanol–water partition coefficient (Wildman–Crippen LogP) is 8.46. The molecule has 0 saturated carbocycles. The molecule has 198 valence electrons. The van der Waals surface area contributed by atoms with Crippen molar-refractivity contribution in [1.29, 1.82) is 0 Å². The van der Waals surface area contributed by atoms with Crippen LogP contribution >= 0.6 is 11.3 Å². The van der Waals surface area contributed by atoms with Gasteiger partial charge in [0.1, 0.15) is 4.83 Å². The highest BCUT2D eigenvalue weighted by atomic mass is 32.1. The Kier molecular flexibility index (Phi) is 4.20. The lowest BCUT2D eigenvalue weighted by molar-refractivity contribution is 0.624. The minimum absolute atomic E-state index is 0.0916. The molecule has 2 aliphatic rings. The first-order chi connectivity index (χ1) is 20.5. The van der Waals surface area contributed by atoms with Crippen LogP contribution < -0.4 is 10.9 Å². The predicted molar refractivity (Wildman–Crippen MR) is 182 cm³/mol. The number of H-pyrrole nitrogens is 1. The number of aromatic amines is 1. The van der Waals surface area contributed by atoms with Gasteiger partial charge in [0.15, 0.2) is 7.28 Å². The van der Waals surface area contributed by atoms with Gasteiger partial charge in [-0.25, -0.2) is 0 Å². The van der Waals surface area contributed by atoms with E-state index in [1.807, 2.05) is 11.3 Å². The molecule has 0 fully saturated rings. The molecule has 0 radical (unpaired) electrons. The molecule has 5 aromatic carbocycles. The molecule has 0 spiro atoms. The molecule has 4 heterocycles. The Morgan fingerprint density at radius 2 is 1.52 bits per heavy atom. The third kappa shape index (κ3) is 2.68. The average Bonchev–Trinajstić information content (AvgIpc) is 3.71. The van der Waals surface area contributed by atoms with E-state index >= 15 is 0 Å². The zero-order valence-corrected chi connectivity index (χ0v) is 24.6. The number of hydrogen-bond donors (Lipinski definition) is 1. The van der Waals surface area contributed by atoms with Gasteiger partial charge in [0.25, 0.3) is 0 Å². The Bertz CT molecular complexity index is 2490. The normalized spacial score (nSPS) is 14.5. The maximum absolute atomic E-state index is 3.87. The van der Waals surface area contributed by atoms with Gasteiger partial charge in [0.05, 0.1) is 5.52 Å². The van der Waals surface area contributed by atoms with Gasteiger partial charge in [-0.3, -0.25) is 0 Å². The second-order valence-electron chi connectivity index (χ2n) is 12.7. The van der Waals surface area contributed by atoms with Crippen LogP contribution in [-0.2, 0) is 5.41 Å². The third-order valence-electron chi connectivity index (χ3n) is 9.97. The smallest absolute Gasteiger partial charge is 0.198 e. The van der Waals surface area contributed by atoms with Gasteiger partial charge in [-0.2, -0.15) is 0 Å². The third-order valence-corrected chi connectivity index (χ3v) is 11.1. The van der Waals surface area contributed by atoms with Gasteiger partial charge in [0.2, 0.25) is 0 Å². The molecule has 0 unspecified atom stereocenters. The van der Waals surface area contributed by atoms with Crippen LogP contribution in [0.1, 0.15) is 30.7 Å². The van der Waals surface area contributed by atoms with Crippen LogP contribution in [-0.4, -0.2) is 16.8 Å². The Morgan fingerprint density at radius 1 is 0.762 bits per heavy atom. The van der Waals surface area contributed by atoms with E-state index in [9.17, 15) is 0 Å². The Hall–Kier alpha value is -4.54. The molecule has 42 heavy (non-hydrogen) atoms. The Balaban J connectivity index is 1.30. The molecule has 3 aromatic heterocycles. The SMILES string of the molecule is Cc1cc(-c2cccc3c2[nH]c2sc4ccccc4c23)c2c(c1)-n1c3c(c4cccc(c41)B2)-c1ccccc1C3(C)C. The van der Waals surface area contributed by atoms with Gasteiger partial charge in [-0.1, -0.05) is 104 Å². The van der Waals surface area contributed by atoms with Crippen molar-refractivity contribution in [3.8, 4) is 27.9 Å². The van der Waals surface area contributed by atoms with Crippen molar-refractivity contribution in [3.63, 3.8) is 0 Å². The lowest BCUT2D eigenvalue weighted by Crippen LogP contribution is -2.38. The number of aryl methyl sites for hydroxylation is 1. The van der Waals surface area contributed by atoms with Crippen molar-refractivity contribution in [2.75, 3.05) is 0 Å². The second-order valence-corrected chi connectivity index (χ2v) is 13.7. The van der Waals surface area contributed by atoms with Gasteiger partial charge in [-0.15, -0.1) is 11.3 Å². The van der Waals surface area contributed by atoms with E-state index in [0.717, 1.165) is 7.28 Å². The number of fused-ring (bicyclic) bond motifs is 12.